The standard InChI is InChI=1S/C26H22ClNO7/c1-33-15-10-8-14(9-11-15)23-22(24(30)16-12-21(35-3)17(27)13-20(16)34-2)25(31)26(32)28(23)18-6-4-5-7-19(18)29/h4-13,23,29-30H,1-3H3/b24-22+. The molecule has 4 rings (SSSR count). The maximum absolute atomic E-state index is 13.3. The van der Waals surface area contributed by atoms with Crippen molar-refractivity contribution in [1.29, 1.82) is 0 Å². The molecular formula is C26H22ClNO7. The minimum Gasteiger partial charge on any atom is -0.507 e. The van der Waals surface area contributed by atoms with E-state index in [1.807, 2.05) is 0 Å². The van der Waals surface area contributed by atoms with Crippen molar-refractivity contribution >= 4 is 34.7 Å². The highest BCUT2D eigenvalue weighted by molar-refractivity contribution is 6.52. The number of rotatable bonds is 6. The van der Waals surface area contributed by atoms with E-state index in [1.54, 1.807) is 36.4 Å². The number of hydrogen-bond acceptors (Lipinski definition) is 7. The van der Waals surface area contributed by atoms with Crippen LogP contribution in [-0.4, -0.2) is 43.2 Å². The van der Waals surface area contributed by atoms with Crippen LogP contribution in [0.2, 0.25) is 5.02 Å². The van der Waals surface area contributed by atoms with Gasteiger partial charge in [0.25, 0.3) is 11.7 Å². The number of methoxy groups -OCH3 is 3. The van der Waals surface area contributed by atoms with E-state index < -0.39 is 23.5 Å². The second-order valence-electron chi connectivity index (χ2n) is 7.62. The fraction of sp³-hybridized carbons (Fsp3) is 0.154. The minimum atomic E-state index is -1.06. The van der Waals surface area contributed by atoms with Gasteiger partial charge in [-0.15, -0.1) is 0 Å². The highest BCUT2D eigenvalue weighted by Gasteiger charge is 2.48. The Morgan fingerprint density at radius 2 is 1.57 bits per heavy atom. The van der Waals surface area contributed by atoms with Crippen molar-refractivity contribution in [3.8, 4) is 23.0 Å². The van der Waals surface area contributed by atoms with Gasteiger partial charge in [-0.05, 0) is 35.9 Å². The number of aliphatic hydroxyl groups is 1. The van der Waals surface area contributed by atoms with E-state index in [-0.39, 0.29) is 39.1 Å². The lowest BCUT2D eigenvalue weighted by Crippen LogP contribution is -2.29. The summed E-state index contributed by atoms with van der Waals surface area (Å²) in [6.07, 6.45) is 0. The molecule has 1 aliphatic heterocycles. The van der Waals surface area contributed by atoms with E-state index in [4.69, 9.17) is 25.8 Å². The van der Waals surface area contributed by atoms with E-state index in [2.05, 4.69) is 0 Å². The summed E-state index contributed by atoms with van der Waals surface area (Å²) in [4.78, 5) is 27.7. The molecule has 35 heavy (non-hydrogen) atoms. The van der Waals surface area contributed by atoms with Gasteiger partial charge in [0.05, 0.1) is 49.2 Å². The first-order valence-corrected chi connectivity index (χ1v) is 10.8. The molecule has 1 atom stereocenters. The number of aliphatic hydroxyl groups excluding tert-OH is 1. The number of aromatic hydroxyl groups is 1. The van der Waals surface area contributed by atoms with Crippen LogP contribution in [0.25, 0.3) is 5.76 Å². The number of phenols is 1. The average Bonchev–Trinajstić information content (AvgIpc) is 3.13. The Balaban J connectivity index is 2.00. The zero-order valence-corrected chi connectivity index (χ0v) is 19.9. The molecule has 1 fully saturated rings. The molecule has 9 heteroatoms. The molecule has 2 N–H and O–H groups in total. The van der Waals surface area contributed by atoms with Crippen LogP contribution in [0.3, 0.4) is 0 Å². The summed E-state index contributed by atoms with van der Waals surface area (Å²) in [6.45, 7) is 0. The molecule has 0 bridgehead atoms. The summed E-state index contributed by atoms with van der Waals surface area (Å²) in [6, 6.07) is 14.7. The van der Waals surface area contributed by atoms with Crippen LogP contribution in [0, 0.1) is 0 Å². The number of phenolic OH excluding ortho intramolecular Hbond substituents is 1. The monoisotopic (exact) mass is 495 g/mol. The maximum Gasteiger partial charge on any atom is 0.300 e. The van der Waals surface area contributed by atoms with Crippen LogP contribution in [0.15, 0.2) is 66.2 Å². The molecule has 1 saturated heterocycles. The maximum atomic E-state index is 13.3. The van der Waals surface area contributed by atoms with E-state index in [9.17, 15) is 19.8 Å². The van der Waals surface area contributed by atoms with E-state index in [0.717, 1.165) is 4.90 Å². The zero-order valence-electron chi connectivity index (χ0n) is 19.1. The summed E-state index contributed by atoms with van der Waals surface area (Å²) in [5.41, 5.74) is 0.554. The largest absolute Gasteiger partial charge is 0.507 e. The van der Waals surface area contributed by atoms with Gasteiger partial charge in [0.15, 0.2) is 0 Å². The van der Waals surface area contributed by atoms with Crippen molar-refractivity contribution < 1.29 is 34.0 Å². The summed E-state index contributed by atoms with van der Waals surface area (Å²) < 4.78 is 15.9. The number of carbonyl (C=O) groups excluding carboxylic acids is 2. The minimum absolute atomic E-state index is 0.113. The molecule has 0 radical (unpaired) electrons. The average molecular weight is 496 g/mol. The molecule has 1 aliphatic rings. The summed E-state index contributed by atoms with van der Waals surface area (Å²) in [5.74, 6) is -1.53. The lowest BCUT2D eigenvalue weighted by molar-refractivity contribution is -0.132. The molecule has 8 nitrogen and oxygen atoms in total. The fourth-order valence-electron chi connectivity index (χ4n) is 4.04. The normalized spacial score (nSPS) is 16.9. The third-order valence-electron chi connectivity index (χ3n) is 5.75. The molecule has 3 aromatic rings. The van der Waals surface area contributed by atoms with Gasteiger partial charge in [0, 0.05) is 6.07 Å². The smallest absolute Gasteiger partial charge is 0.300 e. The Morgan fingerprint density at radius 1 is 0.914 bits per heavy atom. The number of amides is 1. The molecule has 1 unspecified atom stereocenters. The molecule has 0 spiro atoms. The number of hydrogen-bond donors (Lipinski definition) is 2. The van der Waals surface area contributed by atoms with Gasteiger partial charge in [-0.3, -0.25) is 14.5 Å². The quantitative estimate of drug-likeness (QED) is 0.290. The zero-order chi connectivity index (χ0) is 25.3. The Kier molecular flexibility index (Phi) is 6.57. The second kappa shape index (κ2) is 9.60. The predicted octanol–water partition coefficient (Wildman–Crippen LogP) is 4.70. The SMILES string of the molecule is COc1ccc(C2/C(=C(\O)c3cc(OC)c(Cl)cc3OC)C(=O)C(=O)N2c2ccccc2O)cc1. The third-order valence-corrected chi connectivity index (χ3v) is 6.04. The number of carbonyl (C=O) groups is 2. The van der Waals surface area contributed by atoms with Gasteiger partial charge in [0.1, 0.15) is 28.8 Å². The van der Waals surface area contributed by atoms with Crippen LogP contribution in [0.1, 0.15) is 17.2 Å². The lowest BCUT2D eigenvalue weighted by Gasteiger charge is -2.26. The van der Waals surface area contributed by atoms with Crippen molar-refractivity contribution in [1.82, 2.24) is 0 Å². The number of benzene rings is 3. The molecule has 0 aromatic heterocycles. The van der Waals surface area contributed by atoms with Crippen LogP contribution in [0.4, 0.5) is 5.69 Å². The number of nitrogens with zero attached hydrogens (tertiary/aromatic N) is 1. The first-order chi connectivity index (χ1) is 16.8. The lowest BCUT2D eigenvalue weighted by atomic mass is 9.94. The number of para-hydroxylation sites is 2. The summed E-state index contributed by atoms with van der Waals surface area (Å²) >= 11 is 6.20. The number of ether oxygens (including phenoxy) is 3. The Morgan fingerprint density at radius 3 is 2.17 bits per heavy atom. The van der Waals surface area contributed by atoms with Crippen molar-refractivity contribution in [3.63, 3.8) is 0 Å². The topological polar surface area (TPSA) is 106 Å². The highest BCUT2D eigenvalue weighted by atomic mass is 35.5. The second-order valence-corrected chi connectivity index (χ2v) is 8.03. The van der Waals surface area contributed by atoms with Gasteiger partial charge in [-0.25, -0.2) is 0 Å². The summed E-state index contributed by atoms with van der Waals surface area (Å²) in [5, 5.41) is 22.1. The molecular weight excluding hydrogens is 474 g/mol. The van der Waals surface area contributed by atoms with Gasteiger partial charge >= 0.3 is 0 Å². The van der Waals surface area contributed by atoms with Gasteiger partial charge in [-0.1, -0.05) is 35.9 Å². The fourth-order valence-corrected chi connectivity index (χ4v) is 4.27. The van der Waals surface area contributed by atoms with E-state index >= 15 is 0 Å². The van der Waals surface area contributed by atoms with Gasteiger partial charge in [0.2, 0.25) is 0 Å². The number of halogens is 1. The third kappa shape index (κ3) is 4.13. The van der Waals surface area contributed by atoms with E-state index in [0.29, 0.717) is 11.3 Å². The Hall–Kier alpha value is -4.17. The highest BCUT2D eigenvalue weighted by Crippen LogP contribution is 2.46. The number of Topliss-reactive ketones (excluding diaryl/α,β-unsaturated/α-hetero) is 1. The molecule has 0 aliphatic carbocycles. The van der Waals surface area contributed by atoms with Crippen LogP contribution < -0.4 is 19.1 Å². The van der Waals surface area contributed by atoms with Crippen molar-refractivity contribution in [2.24, 2.45) is 0 Å². The first-order valence-electron chi connectivity index (χ1n) is 10.5. The van der Waals surface area contributed by atoms with Crippen LogP contribution >= 0.6 is 11.6 Å². The van der Waals surface area contributed by atoms with Gasteiger partial charge < -0.3 is 24.4 Å². The Bertz CT molecular complexity index is 1330. The molecule has 180 valence electrons. The van der Waals surface area contributed by atoms with Crippen molar-refractivity contribution in [3.05, 3.63) is 82.4 Å². The Labute approximate surface area is 206 Å². The van der Waals surface area contributed by atoms with Crippen LogP contribution in [0.5, 0.6) is 23.0 Å². The number of ketones is 1. The van der Waals surface area contributed by atoms with E-state index in [1.165, 1.54) is 45.6 Å². The van der Waals surface area contributed by atoms with Gasteiger partial charge in [-0.2, -0.15) is 0 Å². The first kappa shape index (κ1) is 24.0. The van der Waals surface area contributed by atoms with Crippen molar-refractivity contribution in [2.75, 3.05) is 26.2 Å². The van der Waals surface area contributed by atoms with Crippen LogP contribution in [-0.2, 0) is 9.59 Å². The molecule has 1 amide bonds. The van der Waals surface area contributed by atoms with Crippen molar-refractivity contribution in [2.45, 2.75) is 6.04 Å². The molecule has 3 aromatic carbocycles. The number of anilines is 1. The molecule has 1 heterocycles. The molecule has 0 saturated carbocycles. The predicted molar refractivity (Wildman–Crippen MR) is 130 cm³/mol. The summed E-state index contributed by atoms with van der Waals surface area (Å²) in [7, 11) is 4.31.